The van der Waals surface area contributed by atoms with E-state index in [1.54, 1.807) is 18.3 Å². The number of pyridine rings is 1. The Hall–Kier alpha value is -2.28. The molecule has 1 aromatic carbocycles. The second-order valence-electron chi connectivity index (χ2n) is 4.23. The van der Waals surface area contributed by atoms with Gasteiger partial charge in [-0.3, -0.25) is 4.72 Å². The quantitative estimate of drug-likeness (QED) is 0.838. The number of nitrogen functional groups attached to an aromatic ring is 1. The monoisotopic (exact) mass is 293 g/mol. The minimum Gasteiger partial charge on any atom is -0.495 e. The van der Waals surface area contributed by atoms with Gasteiger partial charge in [0.05, 0.1) is 17.7 Å². The number of rotatable bonds is 4. The van der Waals surface area contributed by atoms with Crippen LogP contribution >= 0.6 is 0 Å². The molecule has 0 aliphatic heterocycles. The number of ether oxygens (including phenoxy) is 1. The maximum absolute atomic E-state index is 12.2. The van der Waals surface area contributed by atoms with E-state index in [0.29, 0.717) is 11.4 Å². The van der Waals surface area contributed by atoms with Crippen molar-refractivity contribution in [1.82, 2.24) is 4.98 Å². The van der Waals surface area contributed by atoms with E-state index in [9.17, 15) is 8.42 Å². The van der Waals surface area contributed by atoms with Gasteiger partial charge in [0, 0.05) is 12.3 Å². The van der Waals surface area contributed by atoms with Crippen molar-refractivity contribution >= 4 is 21.5 Å². The molecule has 2 aromatic rings. The molecule has 0 radical (unpaired) electrons. The molecule has 0 saturated carbocycles. The summed E-state index contributed by atoms with van der Waals surface area (Å²) in [7, 11) is -2.30. The van der Waals surface area contributed by atoms with Gasteiger partial charge < -0.3 is 10.5 Å². The van der Waals surface area contributed by atoms with Gasteiger partial charge in [0.2, 0.25) is 0 Å². The van der Waals surface area contributed by atoms with Crippen LogP contribution in [0.4, 0.5) is 11.5 Å². The Bertz CT molecular complexity index is 712. The van der Waals surface area contributed by atoms with E-state index in [1.165, 1.54) is 25.3 Å². The third-order valence-electron chi connectivity index (χ3n) is 2.67. The van der Waals surface area contributed by atoms with Crippen molar-refractivity contribution in [2.45, 2.75) is 11.8 Å². The van der Waals surface area contributed by atoms with E-state index >= 15 is 0 Å². The molecule has 0 spiro atoms. The molecule has 20 heavy (non-hydrogen) atoms. The first-order valence-electron chi connectivity index (χ1n) is 5.81. The minimum absolute atomic E-state index is 0.0610. The van der Waals surface area contributed by atoms with E-state index in [-0.39, 0.29) is 10.7 Å². The number of hydrogen-bond acceptors (Lipinski definition) is 5. The highest BCUT2D eigenvalue weighted by Gasteiger charge is 2.16. The lowest BCUT2D eigenvalue weighted by Crippen LogP contribution is -2.14. The second kappa shape index (κ2) is 5.38. The zero-order valence-corrected chi connectivity index (χ0v) is 11.9. The number of hydrogen-bond donors (Lipinski definition) is 2. The zero-order valence-electron chi connectivity index (χ0n) is 11.1. The molecule has 1 heterocycles. The molecule has 0 aliphatic rings. The molecule has 0 amide bonds. The summed E-state index contributed by atoms with van der Waals surface area (Å²) in [4.78, 5) is 4.06. The van der Waals surface area contributed by atoms with Gasteiger partial charge in [0.15, 0.2) is 0 Å². The summed E-state index contributed by atoms with van der Waals surface area (Å²) in [6.45, 7) is 1.87. The number of methoxy groups -OCH3 is 1. The van der Waals surface area contributed by atoms with Crippen molar-refractivity contribution in [2.75, 3.05) is 17.6 Å². The molecular weight excluding hydrogens is 278 g/mol. The van der Waals surface area contributed by atoms with Gasteiger partial charge in [0.1, 0.15) is 11.6 Å². The van der Waals surface area contributed by atoms with Crippen LogP contribution in [0.2, 0.25) is 0 Å². The smallest absolute Gasteiger partial charge is 0.263 e. The van der Waals surface area contributed by atoms with E-state index in [0.717, 1.165) is 5.56 Å². The van der Waals surface area contributed by atoms with Crippen LogP contribution in [0.1, 0.15) is 5.56 Å². The standard InChI is InChI=1S/C13H15N3O3S/c1-9-3-6-13(15-8-9)16-20(17,18)10-4-5-11(14)12(7-10)19-2/h3-8H,14H2,1-2H3,(H,15,16). The molecule has 0 unspecified atom stereocenters. The molecular formula is C13H15N3O3S. The van der Waals surface area contributed by atoms with Crippen LogP contribution in [0.5, 0.6) is 5.75 Å². The number of sulfonamides is 1. The minimum atomic E-state index is -3.72. The van der Waals surface area contributed by atoms with Crippen molar-refractivity contribution < 1.29 is 13.2 Å². The Morgan fingerprint density at radius 1 is 1.25 bits per heavy atom. The van der Waals surface area contributed by atoms with Crippen molar-refractivity contribution in [3.8, 4) is 5.75 Å². The molecule has 3 N–H and O–H groups in total. The van der Waals surface area contributed by atoms with Gasteiger partial charge in [-0.2, -0.15) is 0 Å². The Morgan fingerprint density at radius 2 is 2.00 bits per heavy atom. The van der Waals surface area contributed by atoms with Gasteiger partial charge in [-0.1, -0.05) is 6.07 Å². The Morgan fingerprint density at radius 3 is 2.60 bits per heavy atom. The van der Waals surface area contributed by atoms with Crippen LogP contribution in [0.3, 0.4) is 0 Å². The highest BCUT2D eigenvalue weighted by Crippen LogP contribution is 2.25. The van der Waals surface area contributed by atoms with Crippen LogP contribution < -0.4 is 15.2 Å². The van der Waals surface area contributed by atoms with Crippen LogP contribution in [0.15, 0.2) is 41.4 Å². The maximum Gasteiger partial charge on any atom is 0.263 e. The largest absolute Gasteiger partial charge is 0.495 e. The van der Waals surface area contributed by atoms with Crippen molar-refractivity contribution in [3.05, 3.63) is 42.1 Å². The first-order chi connectivity index (χ1) is 9.42. The number of nitrogens with one attached hydrogen (secondary N) is 1. The molecule has 0 fully saturated rings. The summed E-state index contributed by atoms with van der Waals surface area (Å²) in [6.07, 6.45) is 1.58. The fourth-order valence-electron chi connectivity index (χ4n) is 1.58. The number of nitrogens with two attached hydrogens (primary N) is 1. The average molecular weight is 293 g/mol. The van der Waals surface area contributed by atoms with E-state index in [2.05, 4.69) is 9.71 Å². The first kappa shape index (κ1) is 14.1. The molecule has 0 aliphatic carbocycles. The van der Waals surface area contributed by atoms with Crippen molar-refractivity contribution in [2.24, 2.45) is 0 Å². The summed E-state index contributed by atoms with van der Waals surface area (Å²) in [5.41, 5.74) is 6.98. The summed E-state index contributed by atoms with van der Waals surface area (Å²) in [5.74, 6) is 0.566. The van der Waals surface area contributed by atoms with Crippen molar-refractivity contribution in [3.63, 3.8) is 0 Å². The molecule has 0 saturated heterocycles. The van der Waals surface area contributed by atoms with Crippen LogP contribution in [0.25, 0.3) is 0 Å². The Kier molecular flexibility index (Phi) is 3.80. The number of benzene rings is 1. The lowest BCUT2D eigenvalue weighted by Gasteiger charge is -2.10. The van der Waals surface area contributed by atoms with Crippen LogP contribution in [0, 0.1) is 6.92 Å². The summed E-state index contributed by atoms with van der Waals surface area (Å²) >= 11 is 0. The topological polar surface area (TPSA) is 94.3 Å². The normalized spacial score (nSPS) is 11.1. The fraction of sp³-hybridized carbons (Fsp3) is 0.154. The molecule has 7 heteroatoms. The molecule has 1 aromatic heterocycles. The predicted molar refractivity (Wildman–Crippen MR) is 77.2 cm³/mol. The number of nitrogens with zero attached hydrogens (tertiary/aromatic N) is 1. The zero-order chi connectivity index (χ0) is 14.8. The second-order valence-corrected chi connectivity index (χ2v) is 5.91. The lowest BCUT2D eigenvalue weighted by molar-refractivity contribution is 0.415. The molecule has 106 valence electrons. The van der Waals surface area contributed by atoms with Crippen molar-refractivity contribution in [1.29, 1.82) is 0 Å². The predicted octanol–water partition coefficient (Wildman–Crippen LogP) is 1.78. The van der Waals surface area contributed by atoms with Gasteiger partial charge in [-0.15, -0.1) is 0 Å². The molecule has 0 atom stereocenters. The molecule has 0 bridgehead atoms. The summed E-state index contributed by atoms with van der Waals surface area (Å²) in [5, 5.41) is 0. The highest BCUT2D eigenvalue weighted by atomic mass is 32.2. The SMILES string of the molecule is COc1cc(S(=O)(=O)Nc2ccc(C)cn2)ccc1N. The summed E-state index contributed by atoms with van der Waals surface area (Å²) < 4.78 is 31.8. The molecule has 6 nitrogen and oxygen atoms in total. The average Bonchev–Trinajstić information content (AvgIpc) is 2.41. The number of aryl methyl sites for hydroxylation is 1. The lowest BCUT2D eigenvalue weighted by atomic mass is 10.3. The first-order valence-corrected chi connectivity index (χ1v) is 7.29. The van der Waals surface area contributed by atoms with Gasteiger partial charge in [-0.05, 0) is 30.7 Å². The van der Waals surface area contributed by atoms with E-state index in [4.69, 9.17) is 10.5 Å². The van der Waals surface area contributed by atoms with Gasteiger partial charge >= 0.3 is 0 Å². The van der Waals surface area contributed by atoms with E-state index < -0.39 is 10.0 Å². The van der Waals surface area contributed by atoms with Gasteiger partial charge in [0.25, 0.3) is 10.0 Å². The van der Waals surface area contributed by atoms with Crippen LogP contribution in [-0.4, -0.2) is 20.5 Å². The van der Waals surface area contributed by atoms with Crippen LogP contribution in [-0.2, 0) is 10.0 Å². The highest BCUT2D eigenvalue weighted by molar-refractivity contribution is 7.92. The maximum atomic E-state index is 12.2. The number of aromatic nitrogens is 1. The molecule has 2 rings (SSSR count). The fourth-order valence-corrected chi connectivity index (χ4v) is 2.61. The number of anilines is 2. The summed E-state index contributed by atoms with van der Waals surface area (Å²) in [6, 6.07) is 7.63. The Labute approximate surface area is 117 Å². The third kappa shape index (κ3) is 3.00. The third-order valence-corrected chi connectivity index (χ3v) is 4.02. The Balaban J connectivity index is 2.33. The van der Waals surface area contributed by atoms with Gasteiger partial charge in [-0.25, -0.2) is 13.4 Å². The van der Waals surface area contributed by atoms with E-state index in [1.807, 2.05) is 6.92 Å².